The molecule has 0 bridgehead atoms. The van der Waals surface area contributed by atoms with Gasteiger partial charge in [-0.2, -0.15) is 15.7 Å². The molecule has 0 spiro atoms. The lowest BCUT2D eigenvalue weighted by molar-refractivity contribution is 0.0518. The first kappa shape index (κ1) is 18.5. The Morgan fingerprint density at radius 3 is 2.64 bits per heavy atom. The number of benzene rings is 2. The minimum Gasteiger partial charge on any atom is -0.494 e. The molecule has 0 saturated heterocycles. The maximum atomic E-state index is 12.6. The van der Waals surface area contributed by atoms with Crippen LogP contribution in [-0.2, 0) is 10.5 Å². The van der Waals surface area contributed by atoms with Gasteiger partial charge < -0.3 is 9.47 Å². The van der Waals surface area contributed by atoms with Gasteiger partial charge in [-0.1, -0.05) is 30.3 Å². The average molecular weight is 400 g/mol. The average Bonchev–Trinajstić information content (AvgIpc) is 3.07. The molecule has 1 aromatic heterocycles. The summed E-state index contributed by atoms with van der Waals surface area (Å²) in [6.45, 7) is 1.91. The standard InChI is InChI=1S/C20H20N2O5S/c1-3-27-20(23)18-14-12-28(24,25)17-11-7-4-8-13(17)19(14)22(21-18)15-9-5-6-10-16(15)26-2/h4-11,24-25H,3,12H2,1-2H3. The third-order valence-electron chi connectivity index (χ3n) is 4.61. The molecule has 3 aromatic rings. The van der Waals surface area contributed by atoms with Crippen molar-refractivity contribution in [3.8, 4) is 22.7 Å². The van der Waals surface area contributed by atoms with Crippen molar-refractivity contribution in [1.82, 2.24) is 9.78 Å². The number of hydrogen-bond acceptors (Lipinski definition) is 6. The predicted molar refractivity (Wildman–Crippen MR) is 106 cm³/mol. The Labute approximate surface area is 163 Å². The van der Waals surface area contributed by atoms with E-state index >= 15 is 0 Å². The summed E-state index contributed by atoms with van der Waals surface area (Å²) < 4.78 is 33.7. The van der Waals surface area contributed by atoms with E-state index < -0.39 is 16.6 Å². The minimum atomic E-state index is -3.10. The largest absolute Gasteiger partial charge is 0.494 e. The Kier molecular flexibility index (Phi) is 4.62. The zero-order valence-electron chi connectivity index (χ0n) is 15.5. The number of ether oxygens (including phenoxy) is 2. The maximum absolute atomic E-state index is 12.6. The second-order valence-electron chi connectivity index (χ2n) is 6.29. The lowest BCUT2D eigenvalue weighted by Gasteiger charge is -2.37. The van der Waals surface area contributed by atoms with Gasteiger partial charge in [-0.25, -0.2) is 9.48 Å². The van der Waals surface area contributed by atoms with Crippen LogP contribution in [0.5, 0.6) is 5.75 Å². The molecule has 7 nitrogen and oxygen atoms in total. The quantitative estimate of drug-likeness (QED) is 0.633. The first-order chi connectivity index (χ1) is 13.5. The molecule has 0 amide bonds. The molecule has 2 heterocycles. The van der Waals surface area contributed by atoms with Gasteiger partial charge in [0.15, 0.2) is 5.69 Å². The highest BCUT2D eigenvalue weighted by Gasteiger charge is 2.36. The third kappa shape index (κ3) is 2.86. The lowest BCUT2D eigenvalue weighted by Crippen LogP contribution is -2.14. The number of rotatable bonds is 4. The molecule has 0 unspecified atom stereocenters. The van der Waals surface area contributed by atoms with Crippen molar-refractivity contribution in [3.63, 3.8) is 0 Å². The van der Waals surface area contributed by atoms with Gasteiger partial charge in [0.1, 0.15) is 11.4 Å². The van der Waals surface area contributed by atoms with Gasteiger partial charge in [0.05, 0.1) is 30.1 Å². The van der Waals surface area contributed by atoms with Crippen LogP contribution >= 0.6 is 10.6 Å². The van der Waals surface area contributed by atoms with Gasteiger partial charge in [-0.05, 0) is 25.1 Å². The Bertz CT molecular complexity index is 1060. The molecule has 2 aromatic carbocycles. The summed E-state index contributed by atoms with van der Waals surface area (Å²) >= 11 is 0. The van der Waals surface area contributed by atoms with Crippen LogP contribution in [0.1, 0.15) is 23.0 Å². The normalized spacial score (nSPS) is 15.3. The van der Waals surface area contributed by atoms with E-state index in [9.17, 15) is 13.9 Å². The molecule has 0 fully saturated rings. The van der Waals surface area contributed by atoms with Gasteiger partial charge in [-0.3, -0.25) is 9.11 Å². The molecule has 0 saturated carbocycles. The van der Waals surface area contributed by atoms with Gasteiger partial charge in [0.25, 0.3) is 0 Å². The number of hydrogen-bond donors (Lipinski definition) is 2. The molecule has 28 heavy (non-hydrogen) atoms. The van der Waals surface area contributed by atoms with E-state index in [4.69, 9.17) is 9.47 Å². The molecule has 146 valence electrons. The summed E-state index contributed by atoms with van der Waals surface area (Å²) in [4.78, 5) is 13.0. The molecule has 1 aliphatic rings. The van der Waals surface area contributed by atoms with Gasteiger partial charge in [0.2, 0.25) is 0 Å². The van der Waals surface area contributed by atoms with Crippen molar-refractivity contribution in [2.45, 2.75) is 17.6 Å². The number of fused-ring (bicyclic) bond motifs is 3. The van der Waals surface area contributed by atoms with Crippen molar-refractivity contribution in [2.75, 3.05) is 13.7 Å². The predicted octanol–water partition coefficient (Wildman–Crippen LogP) is 4.35. The first-order valence-electron chi connectivity index (χ1n) is 8.75. The fourth-order valence-electron chi connectivity index (χ4n) is 3.43. The fourth-order valence-corrected chi connectivity index (χ4v) is 5.08. The van der Waals surface area contributed by atoms with Crippen molar-refractivity contribution in [3.05, 3.63) is 59.8 Å². The van der Waals surface area contributed by atoms with E-state index in [0.717, 1.165) is 0 Å². The summed E-state index contributed by atoms with van der Waals surface area (Å²) in [5, 5.41) is 4.51. The van der Waals surface area contributed by atoms with E-state index in [0.29, 0.717) is 33.2 Å². The van der Waals surface area contributed by atoms with Crippen LogP contribution in [0.4, 0.5) is 0 Å². The summed E-state index contributed by atoms with van der Waals surface area (Å²) in [5.41, 5.74) is 2.44. The Morgan fingerprint density at radius 1 is 1.18 bits per heavy atom. The Hall–Kier alpha value is -2.81. The highest BCUT2D eigenvalue weighted by Crippen LogP contribution is 2.60. The maximum Gasteiger partial charge on any atom is 0.359 e. The highest BCUT2D eigenvalue weighted by molar-refractivity contribution is 8.23. The number of carbonyl (C=O) groups excluding carboxylic acids is 1. The van der Waals surface area contributed by atoms with Crippen LogP contribution in [0.2, 0.25) is 0 Å². The van der Waals surface area contributed by atoms with Gasteiger partial charge in [-0.15, -0.1) is 0 Å². The Morgan fingerprint density at radius 2 is 1.89 bits per heavy atom. The molecular weight excluding hydrogens is 380 g/mol. The summed E-state index contributed by atoms with van der Waals surface area (Å²) in [7, 11) is -1.54. The van der Waals surface area contributed by atoms with Crippen LogP contribution < -0.4 is 4.74 Å². The van der Waals surface area contributed by atoms with E-state index in [1.54, 1.807) is 43.0 Å². The number of nitrogens with zero attached hydrogens (tertiary/aromatic N) is 2. The number of carbonyl (C=O) groups is 1. The smallest absolute Gasteiger partial charge is 0.359 e. The van der Waals surface area contributed by atoms with Crippen LogP contribution in [-0.4, -0.2) is 38.6 Å². The van der Waals surface area contributed by atoms with Crippen LogP contribution in [0.25, 0.3) is 16.9 Å². The van der Waals surface area contributed by atoms with E-state index in [1.165, 1.54) is 0 Å². The van der Waals surface area contributed by atoms with Gasteiger partial charge >= 0.3 is 5.97 Å². The molecule has 2 N–H and O–H groups in total. The van der Waals surface area contributed by atoms with Crippen molar-refractivity contribution < 1.29 is 23.4 Å². The second kappa shape index (κ2) is 6.97. The van der Waals surface area contributed by atoms with E-state index in [1.807, 2.05) is 24.3 Å². The van der Waals surface area contributed by atoms with Crippen molar-refractivity contribution in [1.29, 1.82) is 0 Å². The van der Waals surface area contributed by atoms with Crippen molar-refractivity contribution in [2.24, 2.45) is 0 Å². The molecule has 0 radical (unpaired) electrons. The van der Waals surface area contributed by atoms with Crippen LogP contribution in [0, 0.1) is 0 Å². The Balaban J connectivity index is 2.05. The van der Waals surface area contributed by atoms with Crippen LogP contribution in [0.3, 0.4) is 0 Å². The SMILES string of the molecule is CCOC(=O)c1nn(-c2ccccc2OC)c2c1CS(O)(O)c1ccccc1-2. The molecular formula is C20H20N2O5S. The van der Waals surface area contributed by atoms with Crippen molar-refractivity contribution >= 4 is 16.6 Å². The number of para-hydroxylation sites is 2. The molecule has 4 rings (SSSR count). The highest BCUT2D eigenvalue weighted by atomic mass is 32.3. The van der Waals surface area contributed by atoms with E-state index in [-0.39, 0.29) is 18.1 Å². The lowest BCUT2D eigenvalue weighted by atomic mass is 10.1. The molecule has 0 atom stereocenters. The monoisotopic (exact) mass is 400 g/mol. The molecule has 1 aliphatic heterocycles. The first-order valence-corrected chi connectivity index (χ1v) is 10.5. The summed E-state index contributed by atoms with van der Waals surface area (Å²) in [5.74, 6) is -0.109. The van der Waals surface area contributed by atoms with Crippen LogP contribution in [0.15, 0.2) is 53.4 Å². The minimum absolute atomic E-state index is 0.0808. The number of esters is 1. The number of aromatic nitrogens is 2. The summed E-state index contributed by atoms with van der Waals surface area (Å²) in [6, 6.07) is 14.4. The zero-order chi connectivity index (χ0) is 19.9. The topological polar surface area (TPSA) is 93.8 Å². The second-order valence-corrected chi connectivity index (χ2v) is 8.35. The zero-order valence-corrected chi connectivity index (χ0v) is 16.3. The summed E-state index contributed by atoms with van der Waals surface area (Å²) in [6.07, 6.45) is 0. The third-order valence-corrected chi connectivity index (χ3v) is 6.36. The number of methoxy groups -OCH3 is 1. The molecule has 0 aliphatic carbocycles. The molecule has 8 heteroatoms. The van der Waals surface area contributed by atoms with E-state index in [2.05, 4.69) is 5.10 Å². The fraction of sp³-hybridized carbons (Fsp3) is 0.200. The van der Waals surface area contributed by atoms with Gasteiger partial charge in [0, 0.05) is 11.1 Å².